The topological polar surface area (TPSA) is 87.0 Å². The number of hydrogen-bond acceptors (Lipinski definition) is 5. The first-order chi connectivity index (χ1) is 10.5. The summed E-state index contributed by atoms with van der Waals surface area (Å²) in [5.41, 5.74) is 0. The Morgan fingerprint density at radius 1 is 0.955 bits per heavy atom. The molecule has 0 bridgehead atoms. The van der Waals surface area contributed by atoms with E-state index in [1.807, 2.05) is 0 Å². The van der Waals surface area contributed by atoms with Crippen molar-refractivity contribution >= 4 is 5.97 Å². The summed E-state index contributed by atoms with van der Waals surface area (Å²) in [6, 6.07) is 0. The maximum Gasteiger partial charge on any atom is 0.305 e. The zero-order valence-corrected chi connectivity index (χ0v) is 13.3. The second-order valence-electron chi connectivity index (χ2n) is 7.04. The molecule has 2 aliphatic carbocycles. The van der Waals surface area contributed by atoms with Crippen LogP contribution in [0.5, 0.6) is 0 Å². The second kappa shape index (κ2) is 8.85. The van der Waals surface area contributed by atoms with Gasteiger partial charge in [-0.25, -0.2) is 0 Å². The third-order valence-corrected chi connectivity index (χ3v) is 5.18. The number of carbonyl (C=O) groups excluding carboxylic acids is 1. The van der Waals surface area contributed by atoms with Crippen LogP contribution in [0.25, 0.3) is 0 Å². The molecule has 0 amide bonds. The monoisotopic (exact) mass is 314 g/mol. The van der Waals surface area contributed by atoms with Gasteiger partial charge in [0.25, 0.3) is 0 Å². The average Bonchev–Trinajstić information content (AvgIpc) is 2.49. The van der Waals surface area contributed by atoms with Gasteiger partial charge < -0.3 is 20.1 Å². The van der Waals surface area contributed by atoms with E-state index in [4.69, 9.17) is 4.74 Å². The van der Waals surface area contributed by atoms with Crippen LogP contribution < -0.4 is 0 Å². The van der Waals surface area contributed by atoms with E-state index in [1.165, 1.54) is 0 Å². The second-order valence-corrected chi connectivity index (χ2v) is 7.04. The Morgan fingerprint density at radius 2 is 1.64 bits per heavy atom. The van der Waals surface area contributed by atoms with Crippen LogP contribution in [0.4, 0.5) is 0 Å². The Morgan fingerprint density at radius 3 is 2.32 bits per heavy atom. The molecule has 2 aliphatic rings. The van der Waals surface area contributed by atoms with Crippen molar-refractivity contribution in [3.8, 4) is 0 Å². The van der Waals surface area contributed by atoms with Crippen LogP contribution in [0.1, 0.15) is 64.2 Å². The quantitative estimate of drug-likeness (QED) is 0.651. The van der Waals surface area contributed by atoms with Crippen molar-refractivity contribution in [2.24, 2.45) is 11.8 Å². The minimum absolute atomic E-state index is 0.156. The van der Waals surface area contributed by atoms with Crippen molar-refractivity contribution in [3.05, 3.63) is 0 Å². The first kappa shape index (κ1) is 17.7. The number of aliphatic hydroxyl groups is 3. The van der Waals surface area contributed by atoms with Gasteiger partial charge in [-0.05, 0) is 69.6 Å². The van der Waals surface area contributed by atoms with Gasteiger partial charge in [-0.2, -0.15) is 0 Å². The fourth-order valence-corrected chi connectivity index (χ4v) is 3.63. The third-order valence-electron chi connectivity index (χ3n) is 5.18. The van der Waals surface area contributed by atoms with Gasteiger partial charge in [0.05, 0.1) is 24.9 Å². The van der Waals surface area contributed by atoms with Crippen molar-refractivity contribution in [1.29, 1.82) is 0 Å². The lowest BCUT2D eigenvalue weighted by Gasteiger charge is -2.30. The molecule has 0 heterocycles. The van der Waals surface area contributed by atoms with Gasteiger partial charge in [-0.3, -0.25) is 4.79 Å². The Hall–Kier alpha value is -0.650. The predicted molar refractivity (Wildman–Crippen MR) is 82.1 cm³/mol. The van der Waals surface area contributed by atoms with Crippen molar-refractivity contribution < 1.29 is 24.9 Å². The van der Waals surface area contributed by atoms with E-state index >= 15 is 0 Å². The highest BCUT2D eigenvalue weighted by atomic mass is 16.5. The highest BCUT2D eigenvalue weighted by molar-refractivity contribution is 5.69. The molecule has 0 spiro atoms. The van der Waals surface area contributed by atoms with Gasteiger partial charge in [0, 0.05) is 6.42 Å². The zero-order valence-electron chi connectivity index (χ0n) is 13.3. The summed E-state index contributed by atoms with van der Waals surface area (Å²) in [5.74, 6) is 0.446. The molecule has 0 radical (unpaired) electrons. The van der Waals surface area contributed by atoms with Crippen LogP contribution in [-0.4, -0.2) is 46.2 Å². The minimum Gasteiger partial charge on any atom is -0.465 e. The van der Waals surface area contributed by atoms with Gasteiger partial charge in [-0.1, -0.05) is 0 Å². The lowest BCUT2D eigenvalue weighted by atomic mass is 9.82. The van der Waals surface area contributed by atoms with E-state index in [9.17, 15) is 20.1 Å². The summed E-state index contributed by atoms with van der Waals surface area (Å²) < 4.78 is 5.33. The van der Waals surface area contributed by atoms with Gasteiger partial charge in [0.2, 0.25) is 0 Å². The highest BCUT2D eigenvalue weighted by Crippen LogP contribution is 2.29. The van der Waals surface area contributed by atoms with Crippen LogP contribution in [0.3, 0.4) is 0 Å². The molecule has 22 heavy (non-hydrogen) atoms. The molecule has 2 rings (SSSR count). The number of esters is 1. The van der Waals surface area contributed by atoms with E-state index in [-0.39, 0.29) is 24.1 Å². The van der Waals surface area contributed by atoms with Crippen molar-refractivity contribution in [2.45, 2.75) is 82.5 Å². The molecule has 1 unspecified atom stereocenters. The van der Waals surface area contributed by atoms with Crippen LogP contribution in [0.2, 0.25) is 0 Å². The summed E-state index contributed by atoms with van der Waals surface area (Å²) in [7, 11) is 0. The van der Waals surface area contributed by atoms with Crippen molar-refractivity contribution in [3.63, 3.8) is 0 Å². The molecule has 0 aromatic rings. The molecule has 2 saturated carbocycles. The molecule has 3 atom stereocenters. The van der Waals surface area contributed by atoms with Crippen LogP contribution in [0, 0.1) is 11.8 Å². The van der Waals surface area contributed by atoms with Crippen LogP contribution >= 0.6 is 0 Å². The molecule has 0 aliphatic heterocycles. The van der Waals surface area contributed by atoms with E-state index in [2.05, 4.69) is 0 Å². The molecule has 0 saturated heterocycles. The number of carbonyl (C=O) groups is 1. The maximum atomic E-state index is 11.8. The summed E-state index contributed by atoms with van der Waals surface area (Å²) in [5, 5.41) is 28.8. The van der Waals surface area contributed by atoms with Crippen LogP contribution in [-0.2, 0) is 9.53 Å². The predicted octanol–water partition coefficient (Wildman–Crippen LogP) is 1.77. The van der Waals surface area contributed by atoms with E-state index < -0.39 is 6.10 Å². The van der Waals surface area contributed by atoms with Crippen molar-refractivity contribution in [1.82, 2.24) is 0 Å². The van der Waals surface area contributed by atoms with Gasteiger partial charge in [0.1, 0.15) is 0 Å². The molecule has 5 heteroatoms. The lowest BCUT2D eigenvalue weighted by molar-refractivity contribution is -0.145. The molecular weight excluding hydrogens is 284 g/mol. The Bertz CT molecular complexity index is 338. The fourth-order valence-electron chi connectivity index (χ4n) is 3.63. The normalized spacial score (nSPS) is 36.0. The summed E-state index contributed by atoms with van der Waals surface area (Å²) in [6.45, 7) is 0.476. The van der Waals surface area contributed by atoms with Crippen molar-refractivity contribution in [2.75, 3.05) is 6.61 Å². The van der Waals surface area contributed by atoms with E-state index in [1.54, 1.807) is 0 Å². The number of aliphatic hydroxyl groups excluding tert-OH is 3. The van der Waals surface area contributed by atoms with Crippen LogP contribution in [0.15, 0.2) is 0 Å². The van der Waals surface area contributed by atoms with E-state index in [0.29, 0.717) is 25.4 Å². The standard InChI is InChI=1S/C17H30O5/c18-14-7-4-12(5-8-14)11-22-17(21)3-1-2-13-6-9-15(19)10-16(13)20/h12-16,18-20H,1-11H2/t12?,13?,14?,15-,16-/m1/s1. The number of hydrogen-bond donors (Lipinski definition) is 3. The first-order valence-corrected chi connectivity index (χ1v) is 8.74. The minimum atomic E-state index is -0.437. The Kier molecular flexibility index (Phi) is 7.12. The molecule has 2 fully saturated rings. The molecule has 128 valence electrons. The maximum absolute atomic E-state index is 11.8. The molecule has 3 N–H and O–H groups in total. The fraction of sp³-hybridized carbons (Fsp3) is 0.941. The summed E-state index contributed by atoms with van der Waals surface area (Å²) in [4.78, 5) is 11.8. The SMILES string of the molecule is O=C(CCCC1CC[C@@H](O)C[C@H]1O)OCC1CCC(O)CC1. The number of rotatable bonds is 6. The lowest BCUT2D eigenvalue weighted by Crippen LogP contribution is -2.32. The first-order valence-electron chi connectivity index (χ1n) is 8.74. The molecule has 5 nitrogen and oxygen atoms in total. The smallest absolute Gasteiger partial charge is 0.305 e. The summed E-state index contributed by atoms with van der Waals surface area (Å²) in [6.07, 6.45) is 6.52. The van der Waals surface area contributed by atoms with Gasteiger partial charge in [0.15, 0.2) is 0 Å². The molecule has 0 aromatic carbocycles. The molecular formula is C17H30O5. The Balaban J connectivity index is 1.54. The Labute approximate surface area is 132 Å². The largest absolute Gasteiger partial charge is 0.465 e. The number of ether oxygens (including phenoxy) is 1. The third kappa shape index (κ3) is 5.86. The van der Waals surface area contributed by atoms with Gasteiger partial charge in [-0.15, -0.1) is 0 Å². The molecule has 0 aromatic heterocycles. The average molecular weight is 314 g/mol. The van der Waals surface area contributed by atoms with E-state index in [0.717, 1.165) is 51.4 Å². The zero-order chi connectivity index (χ0) is 15.9. The highest BCUT2D eigenvalue weighted by Gasteiger charge is 2.27. The summed E-state index contributed by atoms with van der Waals surface area (Å²) >= 11 is 0. The van der Waals surface area contributed by atoms with Gasteiger partial charge >= 0.3 is 5.97 Å².